The molecule has 2 aromatic carbocycles. The highest BCUT2D eigenvalue weighted by Crippen LogP contribution is 2.43. The van der Waals surface area contributed by atoms with E-state index < -0.39 is 17.6 Å². The second-order valence-electron chi connectivity index (χ2n) is 6.28. The maximum absolute atomic E-state index is 13.0. The van der Waals surface area contributed by atoms with Crippen LogP contribution in [0.3, 0.4) is 0 Å². The molecule has 1 aliphatic rings. The Labute approximate surface area is 187 Å². The van der Waals surface area contributed by atoms with E-state index in [4.69, 9.17) is 4.74 Å². The van der Waals surface area contributed by atoms with Crippen molar-refractivity contribution in [1.29, 1.82) is 0 Å². The van der Waals surface area contributed by atoms with Crippen LogP contribution in [-0.2, 0) is 11.0 Å². The lowest BCUT2D eigenvalue weighted by molar-refractivity contribution is -0.137. The second-order valence-corrected chi connectivity index (χ2v) is 7.87. The fourth-order valence-corrected chi connectivity index (χ4v) is 3.65. The number of benzene rings is 2. The quantitative estimate of drug-likeness (QED) is 0.468. The maximum atomic E-state index is 13.0. The number of alkyl halides is 3. The summed E-state index contributed by atoms with van der Waals surface area (Å²) < 4.78 is 45.3. The molecule has 1 aliphatic heterocycles. The third-order valence-electron chi connectivity index (χ3n) is 4.25. The highest BCUT2D eigenvalue weighted by atomic mass is 79.9. The number of ether oxygens (including phenoxy) is 1. The van der Waals surface area contributed by atoms with Gasteiger partial charge in [-0.25, -0.2) is 0 Å². The van der Waals surface area contributed by atoms with E-state index in [0.717, 1.165) is 17.1 Å². The van der Waals surface area contributed by atoms with Crippen molar-refractivity contribution in [2.45, 2.75) is 20.0 Å². The molecule has 158 valence electrons. The van der Waals surface area contributed by atoms with Gasteiger partial charge in [0, 0.05) is 4.47 Å². The number of aromatic hydroxyl groups is 1. The third-order valence-corrected chi connectivity index (χ3v) is 6.41. The molecule has 0 unspecified atom stereocenters. The molecule has 1 N–H and O–H groups in total. The zero-order chi connectivity index (χ0) is 22.2. The minimum absolute atomic E-state index is 0.0125. The zero-order valence-electron chi connectivity index (χ0n) is 15.7. The van der Waals surface area contributed by atoms with Crippen molar-refractivity contribution in [1.82, 2.24) is 0 Å². The van der Waals surface area contributed by atoms with Crippen LogP contribution < -0.4 is 9.75 Å². The largest absolute Gasteiger partial charge is 0.503 e. The summed E-state index contributed by atoms with van der Waals surface area (Å²) in [6.45, 7) is 3.67. The molecular formula is C20H15Br2F3N2O3. The summed E-state index contributed by atoms with van der Waals surface area (Å²) in [6, 6.07) is 5.96. The van der Waals surface area contributed by atoms with Gasteiger partial charge in [0.2, 0.25) is 0 Å². The molecule has 0 aliphatic carbocycles. The van der Waals surface area contributed by atoms with Crippen molar-refractivity contribution in [2.75, 3.05) is 11.6 Å². The number of phenolic OH excluding ortho intramolecular Hbond substituents is 1. The summed E-state index contributed by atoms with van der Waals surface area (Å²) in [6.07, 6.45) is -3.00. The van der Waals surface area contributed by atoms with Gasteiger partial charge in [-0.1, -0.05) is 6.07 Å². The van der Waals surface area contributed by atoms with E-state index in [2.05, 4.69) is 37.0 Å². The molecule has 0 saturated carbocycles. The first kappa shape index (κ1) is 22.4. The molecule has 0 bridgehead atoms. The fourth-order valence-electron chi connectivity index (χ4n) is 2.81. The monoisotopic (exact) mass is 546 g/mol. The van der Waals surface area contributed by atoms with Crippen LogP contribution >= 0.6 is 31.9 Å². The number of amides is 1. The van der Waals surface area contributed by atoms with Crippen molar-refractivity contribution in [3.05, 3.63) is 56.0 Å². The van der Waals surface area contributed by atoms with Gasteiger partial charge in [0.1, 0.15) is 0 Å². The lowest BCUT2D eigenvalue weighted by Crippen LogP contribution is -2.21. The van der Waals surface area contributed by atoms with Gasteiger partial charge in [0.05, 0.1) is 33.6 Å². The molecule has 5 nitrogen and oxygen atoms in total. The van der Waals surface area contributed by atoms with Gasteiger partial charge in [-0.2, -0.15) is 23.3 Å². The van der Waals surface area contributed by atoms with Gasteiger partial charge >= 0.3 is 6.18 Å². The molecule has 0 spiro atoms. The Morgan fingerprint density at radius 1 is 1.23 bits per heavy atom. The maximum Gasteiger partial charge on any atom is 0.416 e. The number of nitrogens with zero attached hydrogens (tertiary/aromatic N) is 2. The fraction of sp³-hybridized carbons (Fsp3) is 0.200. The Morgan fingerprint density at radius 3 is 2.57 bits per heavy atom. The lowest BCUT2D eigenvalue weighted by Gasteiger charge is -2.14. The van der Waals surface area contributed by atoms with Gasteiger partial charge in [0.25, 0.3) is 5.91 Å². The van der Waals surface area contributed by atoms with Crippen LogP contribution in [0.2, 0.25) is 0 Å². The van der Waals surface area contributed by atoms with Gasteiger partial charge in [0.15, 0.2) is 11.5 Å². The molecule has 10 heteroatoms. The van der Waals surface area contributed by atoms with Crippen LogP contribution in [0.5, 0.6) is 11.5 Å². The van der Waals surface area contributed by atoms with Crippen molar-refractivity contribution >= 4 is 55.2 Å². The molecule has 0 fully saturated rings. The van der Waals surface area contributed by atoms with Crippen LogP contribution in [0.15, 0.2) is 50.0 Å². The van der Waals surface area contributed by atoms with Gasteiger partial charge in [-0.05, 0) is 81.6 Å². The summed E-state index contributed by atoms with van der Waals surface area (Å²) in [7, 11) is 0. The molecular weight excluding hydrogens is 533 g/mol. The Bertz CT molecular complexity index is 1080. The van der Waals surface area contributed by atoms with E-state index in [0.29, 0.717) is 26.8 Å². The number of hydrazone groups is 1. The van der Waals surface area contributed by atoms with Crippen LogP contribution in [0.4, 0.5) is 18.9 Å². The van der Waals surface area contributed by atoms with E-state index >= 15 is 0 Å². The lowest BCUT2D eigenvalue weighted by atomic mass is 10.1. The van der Waals surface area contributed by atoms with Crippen molar-refractivity contribution in [3.8, 4) is 11.5 Å². The van der Waals surface area contributed by atoms with E-state index in [1.165, 1.54) is 18.2 Å². The van der Waals surface area contributed by atoms with Crippen LogP contribution in [0, 0.1) is 0 Å². The molecule has 1 amide bonds. The normalized spacial score (nSPS) is 15.7. The Kier molecular flexibility index (Phi) is 6.28. The topological polar surface area (TPSA) is 62.1 Å². The first-order valence-electron chi connectivity index (χ1n) is 8.67. The first-order valence-corrected chi connectivity index (χ1v) is 10.3. The van der Waals surface area contributed by atoms with Crippen LogP contribution in [-0.4, -0.2) is 23.3 Å². The summed E-state index contributed by atoms with van der Waals surface area (Å²) in [5.74, 6) is -0.449. The highest BCUT2D eigenvalue weighted by molar-refractivity contribution is 9.13. The van der Waals surface area contributed by atoms with E-state index in [1.807, 2.05) is 0 Å². The second kappa shape index (κ2) is 8.43. The van der Waals surface area contributed by atoms with E-state index in [9.17, 15) is 23.1 Å². The number of hydrogen-bond acceptors (Lipinski definition) is 4. The summed E-state index contributed by atoms with van der Waals surface area (Å²) in [5.41, 5.74) is 0.203. The molecule has 0 saturated heterocycles. The van der Waals surface area contributed by atoms with E-state index in [-0.39, 0.29) is 22.8 Å². The van der Waals surface area contributed by atoms with E-state index in [1.54, 1.807) is 19.9 Å². The number of carbonyl (C=O) groups is 1. The Balaban J connectivity index is 2.02. The van der Waals surface area contributed by atoms with Crippen molar-refractivity contribution in [3.63, 3.8) is 0 Å². The average molecular weight is 548 g/mol. The highest BCUT2D eigenvalue weighted by Gasteiger charge is 2.33. The molecule has 0 aromatic heterocycles. The molecule has 0 atom stereocenters. The van der Waals surface area contributed by atoms with Gasteiger partial charge < -0.3 is 9.84 Å². The third kappa shape index (κ3) is 4.24. The molecule has 1 heterocycles. The summed E-state index contributed by atoms with van der Waals surface area (Å²) in [5, 5.41) is 15.2. The molecule has 2 aromatic rings. The predicted octanol–water partition coefficient (Wildman–Crippen LogP) is 6.14. The molecule has 3 rings (SSSR count). The van der Waals surface area contributed by atoms with Crippen LogP contribution in [0.1, 0.15) is 25.0 Å². The average Bonchev–Trinajstić information content (AvgIpc) is 2.97. The zero-order valence-corrected chi connectivity index (χ0v) is 18.9. The molecule has 0 radical (unpaired) electrons. The Morgan fingerprint density at radius 2 is 1.93 bits per heavy atom. The number of anilines is 1. The summed E-state index contributed by atoms with van der Waals surface area (Å²) in [4.78, 5) is 12.9. The number of halogens is 5. The molecule has 30 heavy (non-hydrogen) atoms. The number of phenols is 1. The number of carbonyl (C=O) groups excluding carboxylic acids is 1. The first-order chi connectivity index (χ1) is 14.0. The van der Waals surface area contributed by atoms with Crippen LogP contribution in [0.25, 0.3) is 6.08 Å². The number of rotatable bonds is 4. The standard InChI is InChI=1S/C20H15Br2F3N2O3/c1-3-30-15-8-11(16(21)17(22)18(15)28)7-14-10(2)26-27(19(14)29)13-6-4-5-12(9-13)20(23,24)25/h4-9,28H,3H2,1-2H3/b14-7+. The van der Waals surface area contributed by atoms with Crippen molar-refractivity contribution < 1.29 is 27.8 Å². The summed E-state index contributed by atoms with van der Waals surface area (Å²) >= 11 is 6.63. The SMILES string of the molecule is CCOc1cc(/C=C2/C(=O)N(c3cccc(C(F)(F)F)c3)N=C2C)c(Br)c(Br)c1O. The number of hydrogen-bond donors (Lipinski definition) is 1. The van der Waals surface area contributed by atoms with Gasteiger partial charge in [-0.3, -0.25) is 4.79 Å². The van der Waals surface area contributed by atoms with Crippen molar-refractivity contribution in [2.24, 2.45) is 5.10 Å². The Hall–Kier alpha value is -2.33. The predicted molar refractivity (Wildman–Crippen MR) is 115 cm³/mol. The minimum Gasteiger partial charge on any atom is -0.503 e. The minimum atomic E-state index is -4.53. The smallest absolute Gasteiger partial charge is 0.416 e. The van der Waals surface area contributed by atoms with Gasteiger partial charge in [-0.15, -0.1) is 0 Å².